The maximum atomic E-state index is 13.4. The number of rotatable bonds is 6. The average Bonchev–Trinajstić information content (AvgIpc) is 3.26. The maximum absolute atomic E-state index is 13.4. The van der Waals surface area contributed by atoms with Gasteiger partial charge in [-0.2, -0.15) is 0 Å². The van der Waals surface area contributed by atoms with Gasteiger partial charge in [0.05, 0.1) is 0 Å². The molecular weight excluding hydrogens is 394 g/mol. The summed E-state index contributed by atoms with van der Waals surface area (Å²) in [6.07, 6.45) is 3.25. The highest BCUT2D eigenvalue weighted by atomic mass is 19.1. The minimum absolute atomic E-state index is 0.150. The van der Waals surface area contributed by atoms with Crippen LogP contribution in [0.1, 0.15) is 29.6 Å². The van der Waals surface area contributed by atoms with Crippen LogP contribution in [0.3, 0.4) is 0 Å². The lowest BCUT2D eigenvalue weighted by Crippen LogP contribution is -2.28. The van der Waals surface area contributed by atoms with Gasteiger partial charge >= 0.3 is 0 Å². The summed E-state index contributed by atoms with van der Waals surface area (Å²) in [6, 6.07) is 17.9. The number of carbonyl (C=O) groups is 1. The number of amides is 1. The second-order valence-electron chi connectivity index (χ2n) is 8.30. The van der Waals surface area contributed by atoms with E-state index in [1.165, 1.54) is 24.3 Å². The molecule has 0 spiro atoms. The van der Waals surface area contributed by atoms with Crippen LogP contribution in [0.15, 0.2) is 66.7 Å². The third-order valence-corrected chi connectivity index (χ3v) is 6.08. The maximum Gasteiger partial charge on any atom is 0.251 e. The van der Waals surface area contributed by atoms with Gasteiger partial charge in [-0.1, -0.05) is 24.3 Å². The van der Waals surface area contributed by atoms with Crippen LogP contribution in [0.5, 0.6) is 0 Å². The Morgan fingerprint density at radius 2 is 1.32 bits per heavy atom. The van der Waals surface area contributed by atoms with E-state index in [1.807, 2.05) is 18.2 Å². The van der Waals surface area contributed by atoms with Crippen LogP contribution >= 0.6 is 0 Å². The Labute approximate surface area is 181 Å². The molecule has 0 bridgehead atoms. The highest BCUT2D eigenvalue weighted by Gasteiger charge is 2.24. The van der Waals surface area contributed by atoms with E-state index in [4.69, 9.17) is 5.73 Å². The van der Waals surface area contributed by atoms with Crippen molar-refractivity contribution in [3.63, 3.8) is 0 Å². The van der Waals surface area contributed by atoms with E-state index >= 15 is 0 Å². The summed E-state index contributed by atoms with van der Waals surface area (Å²) in [6.45, 7) is 1.33. The predicted octanol–water partition coefficient (Wildman–Crippen LogP) is 5.40. The van der Waals surface area contributed by atoms with E-state index in [2.05, 4.69) is 5.32 Å². The zero-order valence-electron chi connectivity index (χ0n) is 17.3. The lowest BCUT2D eigenvalue weighted by atomic mass is 9.95. The molecule has 3 aromatic rings. The second-order valence-corrected chi connectivity index (χ2v) is 8.30. The Kier molecular flexibility index (Phi) is 6.42. The molecule has 2 atom stereocenters. The van der Waals surface area contributed by atoms with Crippen molar-refractivity contribution in [1.29, 1.82) is 0 Å². The number of benzene rings is 3. The third kappa shape index (κ3) is 5.17. The smallest absolute Gasteiger partial charge is 0.251 e. The molecule has 5 heteroatoms. The second kappa shape index (κ2) is 9.40. The monoisotopic (exact) mass is 420 g/mol. The van der Waals surface area contributed by atoms with Crippen LogP contribution in [-0.2, 0) is 0 Å². The summed E-state index contributed by atoms with van der Waals surface area (Å²) in [5.74, 6) is 0.221. The summed E-state index contributed by atoms with van der Waals surface area (Å²) >= 11 is 0. The van der Waals surface area contributed by atoms with Gasteiger partial charge in [0.1, 0.15) is 11.6 Å². The minimum Gasteiger partial charge on any atom is -0.352 e. The molecule has 1 aliphatic carbocycles. The van der Waals surface area contributed by atoms with Crippen molar-refractivity contribution in [2.24, 2.45) is 17.6 Å². The third-order valence-electron chi connectivity index (χ3n) is 6.08. The van der Waals surface area contributed by atoms with Crippen molar-refractivity contribution < 1.29 is 13.6 Å². The van der Waals surface area contributed by atoms with E-state index in [0.717, 1.165) is 41.5 Å². The van der Waals surface area contributed by atoms with Crippen molar-refractivity contribution in [1.82, 2.24) is 5.32 Å². The first-order valence-corrected chi connectivity index (χ1v) is 10.7. The van der Waals surface area contributed by atoms with Gasteiger partial charge in [0.25, 0.3) is 5.91 Å². The predicted molar refractivity (Wildman–Crippen MR) is 119 cm³/mol. The molecule has 3 nitrogen and oxygen atoms in total. The van der Waals surface area contributed by atoms with Crippen LogP contribution < -0.4 is 11.1 Å². The summed E-state index contributed by atoms with van der Waals surface area (Å²) in [7, 11) is 0. The quantitative estimate of drug-likeness (QED) is 0.561. The molecular formula is C26H26F2N2O. The zero-order chi connectivity index (χ0) is 21.8. The first-order chi connectivity index (χ1) is 15.0. The SMILES string of the molecule is NC[C@@H]1CC[C@H](CNC(=O)c2cc(-c3ccc(F)cc3)cc(-c3ccc(F)cc3)c2)C1. The van der Waals surface area contributed by atoms with Gasteiger partial charge in [-0.05, 0) is 102 Å². The molecule has 0 unspecified atom stereocenters. The molecule has 4 rings (SSSR count). The zero-order valence-corrected chi connectivity index (χ0v) is 17.3. The standard InChI is InChI=1S/C26H26F2N2O/c27-24-7-3-19(4-8-24)21-12-22(20-5-9-25(28)10-6-20)14-23(13-21)26(31)30-16-18-2-1-17(11-18)15-29/h3-10,12-14,17-18H,1-2,11,15-16,29H2,(H,30,31)/t17-,18+/m1/s1. The lowest BCUT2D eigenvalue weighted by Gasteiger charge is -2.14. The van der Waals surface area contributed by atoms with E-state index in [0.29, 0.717) is 30.5 Å². The molecule has 160 valence electrons. The topological polar surface area (TPSA) is 55.1 Å². The Balaban J connectivity index is 1.61. The van der Waals surface area contributed by atoms with Crippen molar-refractivity contribution in [3.05, 3.63) is 83.9 Å². The van der Waals surface area contributed by atoms with Gasteiger partial charge in [-0.3, -0.25) is 4.79 Å². The highest BCUT2D eigenvalue weighted by molar-refractivity contribution is 5.97. The molecule has 3 aromatic carbocycles. The number of carbonyl (C=O) groups excluding carboxylic acids is 1. The van der Waals surface area contributed by atoms with Crippen molar-refractivity contribution in [2.75, 3.05) is 13.1 Å². The molecule has 0 aliphatic heterocycles. The number of nitrogens with two attached hydrogens (primary N) is 1. The Bertz CT molecular complexity index is 984. The van der Waals surface area contributed by atoms with Crippen LogP contribution in [-0.4, -0.2) is 19.0 Å². The number of nitrogens with one attached hydrogen (secondary N) is 1. The van der Waals surface area contributed by atoms with Gasteiger partial charge in [0, 0.05) is 12.1 Å². The number of hydrogen-bond donors (Lipinski definition) is 2. The first kappa shape index (κ1) is 21.2. The van der Waals surface area contributed by atoms with Gasteiger partial charge < -0.3 is 11.1 Å². The molecule has 0 radical (unpaired) electrons. The van der Waals surface area contributed by atoms with Crippen LogP contribution in [0.25, 0.3) is 22.3 Å². The van der Waals surface area contributed by atoms with Crippen LogP contribution in [0.2, 0.25) is 0 Å². The number of hydrogen-bond acceptors (Lipinski definition) is 2. The van der Waals surface area contributed by atoms with E-state index in [1.54, 1.807) is 24.3 Å². The Morgan fingerprint density at radius 3 is 1.81 bits per heavy atom. The van der Waals surface area contributed by atoms with Crippen molar-refractivity contribution >= 4 is 5.91 Å². The summed E-state index contributed by atoms with van der Waals surface area (Å²) in [5.41, 5.74) is 9.51. The van der Waals surface area contributed by atoms with Gasteiger partial charge in [0.15, 0.2) is 0 Å². The van der Waals surface area contributed by atoms with Crippen molar-refractivity contribution in [3.8, 4) is 22.3 Å². The summed E-state index contributed by atoms with van der Waals surface area (Å²) in [4.78, 5) is 13.0. The molecule has 1 saturated carbocycles. The summed E-state index contributed by atoms with van der Waals surface area (Å²) < 4.78 is 26.8. The Morgan fingerprint density at radius 1 is 0.806 bits per heavy atom. The van der Waals surface area contributed by atoms with Gasteiger partial charge in [-0.15, -0.1) is 0 Å². The average molecular weight is 421 g/mol. The fourth-order valence-corrected chi connectivity index (χ4v) is 4.29. The van der Waals surface area contributed by atoms with Gasteiger partial charge in [-0.25, -0.2) is 8.78 Å². The van der Waals surface area contributed by atoms with Crippen LogP contribution in [0, 0.1) is 23.5 Å². The van der Waals surface area contributed by atoms with E-state index < -0.39 is 0 Å². The molecule has 0 saturated heterocycles. The Hall–Kier alpha value is -3.05. The highest BCUT2D eigenvalue weighted by Crippen LogP contribution is 2.31. The largest absolute Gasteiger partial charge is 0.352 e. The van der Waals surface area contributed by atoms with Gasteiger partial charge in [0.2, 0.25) is 0 Å². The molecule has 1 aliphatic rings. The molecule has 0 aromatic heterocycles. The van der Waals surface area contributed by atoms with Crippen molar-refractivity contribution in [2.45, 2.75) is 19.3 Å². The lowest BCUT2D eigenvalue weighted by molar-refractivity contribution is 0.0947. The molecule has 31 heavy (non-hydrogen) atoms. The van der Waals surface area contributed by atoms with Crippen LogP contribution in [0.4, 0.5) is 8.78 Å². The molecule has 1 amide bonds. The normalized spacial score (nSPS) is 18.2. The number of halogens is 2. The molecule has 1 fully saturated rings. The molecule has 3 N–H and O–H groups in total. The van der Waals surface area contributed by atoms with E-state index in [-0.39, 0.29) is 17.5 Å². The minimum atomic E-state index is -0.316. The fourth-order valence-electron chi connectivity index (χ4n) is 4.29. The first-order valence-electron chi connectivity index (χ1n) is 10.7. The van der Waals surface area contributed by atoms with E-state index in [9.17, 15) is 13.6 Å². The fraction of sp³-hybridized carbons (Fsp3) is 0.269. The molecule has 0 heterocycles. The summed E-state index contributed by atoms with van der Waals surface area (Å²) in [5, 5.41) is 3.06.